The highest BCUT2D eigenvalue weighted by Crippen LogP contribution is 2.47. The summed E-state index contributed by atoms with van der Waals surface area (Å²) >= 11 is 0. The highest BCUT2D eigenvalue weighted by atomic mass is 16.4. The first-order valence-corrected chi connectivity index (χ1v) is 9.48. The van der Waals surface area contributed by atoms with Gasteiger partial charge in [-0.1, -0.05) is 20.8 Å². The molecule has 1 saturated heterocycles. The van der Waals surface area contributed by atoms with Gasteiger partial charge in [0.15, 0.2) is 5.78 Å². The molecular weight excluding hydrogens is 330 g/mol. The molecule has 2 N–H and O–H groups in total. The van der Waals surface area contributed by atoms with Gasteiger partial charge in [0.2, 0.25) is 5.54 Å². The van der Waals surface area contributed by atoms with Gasteiger partial charge >= 0.3 is 5.97 Å². The largest absolute Gasteiger partial charge is 0.479 e. The van der Waals surface area contributed by atoms with Crippen LogP contribution in [0.5, 0.6) is 0 Å². The molecule has 2 heterocycles. The van der Waals surface area contributed by atoms with Gasteiger partial charge in [-0.3, -0.25) is 9.78 Å². The van der Waals surface area contributed by atoms with E-state index in [1.54, 1.807) is 12.4 Å². The molecule has 2 fully saturated rings. The number of rotatable bonds is 6. The number of pyridine rings is 1. The topological polar surface area (TPSA) is 82.5 Å². The van der Waals surface area contributed by atoms with Gasteiger partial charge in [0.25, 0.3) is 0 Å². The van der Waals surface area contributed by atoms with Gasteiger partial charge in [-0.2, -0.15) is 0 Å². The molecule has 2 aliphatic rings. The van der Waals surface area contributed by atoms with Gasteiger partial charge in [-0.25, -0.2) is 4.79 Å². The zero-order valence-electron chi connectivity index (χ0n) is 15.9. The predicted molar refractivity (Wildman–Crippen MR) is 100 cm³/mol. The van der Waals surface area contributed by atoms with E-state index < -0.39 is 16.9 Å². The van der Waals surface area contributed by atoms with Crippen LogP contribution in [-0.4, -0.2) is 46.5 Å². The minimum Gasteiger partial charge on any atom is -0.479 e. The van der Waals surface area contributed by atoms with Gasteiger partial charge in [-0.05, 0) is 50.9 Å². The lowest BCUT2D eigenvalue weighted by atomic mass is 9.65. The van der Waals surface area contributed by atoms with E-state index in [2.05, 4.69) is 10.3 Å². The van der Waals surface area contributed by atoms with Crippen molar-refractivity contribution in [2.24, 2.45) is 11.3 Å². The summed E-state index contributed by atoms with van der Waals surface area (Å²) in [4.78, 5) is 32.5. The lowest BCUT2D eigenvalue weighted by Gasteiger charge is -2.50. The van der Waals surface area contributed by atoms with Crippen molar-refractivity contribution in [1.29, 1.82) is 0 Å². The van der Waals surface area contributed by atoms with Gasteiger partial charge in [0.1, 0.15) is 0 Å². The van der Waals surface area contributed by atoms with Crippen LogP contribution in [0.25, 0.3) is 0 Å². The summed E-state index contributed by atoms with van der Waals surface area (Å²) in [6.07, 6.45) is 6.53. The van der Waals surface area contributed by atoms with E-state index in [1.807, 2.05) is 37.8 Å². The van der Waals surface area contributed by atoms with Crippen LogP contribution in [0.3, 0.4) is 0 Å². The molecule has 6 nitrogen and oxygen atoms in total. The monoisotopic (exact) mass is 359 g/mol. The van der Waals surface area contributed by atoms with Crippen molar-refractivity contribution < 1.29 is 14.7 Å². The number of anilines is 1. The Labute approximate surface area is 155 Å². The maximum atomic E-state index is 13.8. The van der Waals surface area contributed by atoms with Crippen LogP contribution < -0.4 is 10.2 Å². The molecule has 1 aromatic heterocycles. The maximum absolute atomic E-state index is 13.8. The highest BCUT2D eigenvalue weighted by Gasteiger charge is 2.63. The van der Waals surface area contributed by atoms with Crippen LogP contribution >= 0.6 is 0 Å². The van der Waals surface area contributed by atoms with Crippen LogP contribution in [0.1, 0.15) is 46.5 Å². The fourth-order valence-electron chi connectivity index (χ4n) is 4.27. The third kappa shape index (κ3) is 3.11. The Hall–Kier alpha value is -1.95. The number of hydrogen-bond acceptors (Lipinski definition) is 5. The van der Waals surface area contributed by atoms with Crippen molar-refractivity contribution in [3.05, 3.63) is 24.5 Å². The Kier molecular flexibility index (Phi) is 5.06. The molecule has 1 unspecified atom stereocenters. The zero-order chi connectivity index (χ0) is 18.9. The summed E-state index contributed by atoms with van der Waals surface area (Å²) in [6, 6.07) is 3.72. The minimum absolute atomic E-state index is 0.0818. The number of piperidine rings is 1. The van der Waals surface area contributed by atoms with Crippen LogP contribution in [0.2, 0.25) is 0 Å². The summed E-state index contributed by atoms with van der Waals surface area (Å²) in [5.74, 6) is -1.42. The van der Waals surface area contributed by atoms with E-state index in [9.17, 15) is 14.7 Å². The zero-order valence-corrected chi connectivity index (χ0v) is 15.9. The number of hydrogen-bond donors (Lipinski definition) is 2. The molecule has 26 heavy (non-hydrogen) atoms. The molecule has 0 radical (unpaired) electrons. The number of nitrogens with zero attached hydrogens (tertiary/aromatic N) is 2. The van der Waals surface area contributed by atoms with Crippen molar-refractivity contribution >= 4 is 17.4 Å². The second-order valence-electron chi connectivity index (χ2n) is 8.46. The molecule has 1 aromatic rings. The Morgan fingerprint density at radius 2 is 1.69 bits per heavy atom. The third-order valence-corrected chi connectivity index (χ3v) is 5.68. The van der Waals surface area contributed by atoms with Gasteiger partial charge in [0.05, 0.1) is 0 Å². The summed E-state index contributed by atoms with van der Waals surface area (Å²) in [7, 11) is 0. The molecule has 6 heteroatoms. The fourth-order valence-corrected chi connectivity index (χ4v) is 4.27. The van der Waals surface area contributed by atoms with Crippen LogP contribution in [0, 0.1) is 11.3 Å². The van der Waals surface area contributed by atoms with Crippen molar-refractivity contribution in [2.45, 2.75) is 58.0 Å². The summed E-state index contributed by atoms with van der Waals surface area (Å²) < 4.78 is 0. The number of carboxylic acid groups (broad SMARTS) is 1. The number of nitrogens with one attached hydrogen (secondary N) is 1. The summed E-state index contributed by atoms with van der Waals surface area (Å²) in [5.41, 5.74) is -1.58. The molecule has 0 aromatic carbocycles. The van der Waals surface area contributed by atoms with E-state index in [-0.39, 0.29) is 17.7 Å². The van der Waals surface area contributed by atoms with E-state index in [1.165, 1.54) is 0 Å². The van der Waals surface area contributed by atoms with Crippen molar-refractivity contribution in [3.63, 3.8) is 0 Å². The average molecular weight is 359 g/mol. The van der Waals surface area contributed by atoms with E-state index in [4.69, 9.17) is 0 Å². The Bertz CT molecular complexity index is 661. The standard InChI is InChI=1S/C20H29N3O3/c1-19(2,3)20(18(25)26,17(24)14-6-10-21-11-7-14)23(15-4-5-15)16-8-12-22-13-9-16/h8-9,12-15,21H,4-7,10-11H2,1-3H3,(H,25,26). The predicted octanol–water partition coefficient (Wildman–Crippen LogP) is 2.49. The second kappa shape index (κ2) is 6.99. The number of aliphatic carboxylic acids is 1. The summed E-state index contributed by atoms with van der Waals surface area (Å²) in [6.45, 7) is 7.13. The molecule has 1 saturated carbocycles. The number of aromatic nitrogens is 1. The van der Waals surface area contributed by atoms with Crippen molar-refractivity contribution in [1.82, 2.24) is 10.3 Å². The molecule has 0 spiro atoms. The highest BCUT2D eigenvalue weighted by molar-refractivity contribution is 6.13. The molecule has 1 atom stereocenters. The number of carboxylic acids is 1. The first-order valence-electron chi connectivity index (χ1n) is 9.48. The molecular formula is C20H29N3O3. The lowest BCUT2D eigenvalue weighted by Crippen LogP contribution is -2.70. The SMILES string of the molecule is CC(C)(C)C(C(=O)O)(C(=O)C1CCNCC1)N(c1ccncc1)C1CC1. The minimum atomic E-state index is -1.59. The Morgan fingerprint density at radius 1 is 1.12 bits per heavy atom. The van der Waals surface area contributed by atoms with Crippen LogP contribution in [-0.2, 0) is 9.59 Å². The Morgan fingerprint density at radius 3 is 2.15 bits per heavy atom. The van der Waals surface area contributed by atoms with Crippen LogP contribution in [0.4, 0.5) is 5.69 Å². The first kappa shape index (κ1) is 18.8. The van der Waals surface area contributed by atoms with E-state index in [0.717, 1.165) is 31.6 Å². The van der Waals surface area contributed by atoms with E-state index >= 15 is 0 Å². The first-order chi connectivity index (χ1) is 12.3. The maximum Gasteiger partial charge on any atom is 0.337 e. The van der Waals surface area contributed by atoms with Crippen molar-refractivity contribution in [3.8, 4) is 0 Å². The summed E-state index contributed by atoms with van der Waals surface area (Å²) in [5, 5.41) is 13.7. The fraction of sp³-hybridized carbons (Fsp3) is 0.650. The molecule has 0 bridgehead atoms. The van der Waals surface area contributed by atoms with Gasteiger partial charge < -0.3 is 15.3 Å². The second-order valence-corrected chi connectivity index (χ2v) is 8.46. The molecule has 142 valence electrons. The molecule has 0 amide bonds. The number of carbonyl (C=O) groups excluding carboxylic acids is 1. The molecule has 1 aliphatic heterocycles. The smallest absolute Gasteiger partial charge is 0.337 e. The van der Waals surface area contributed by atoms with Gasteiger partial charge in [-0.15, -0.1) is 0 Å². The quantitative estimate of drug-likeness (QED) is 0.760. The Balaban J connectivity index is 2.15. The number of carbonyl (C=O) groups is 2. The average Bonchev–Trinajstić information content (AvgIpc) is 3.43. The molecule has 3 rings (SSSR count). The van der Waals surface area contributed by atoms with Crippen LogP contribution in [0.15, 0.2) is 24.5 Å². The van der Waals surface area contributed by atoms with Crippen molar-refractivity contribution in [2.75, 3.05) is 18.0 Å². The lowest BCUT2D eigenvalue weighted by molar-refractivity contribution is -0.156. The number of Topliss-reactive ketones (excluding diaryl/α,β-unsaturated/α-hetero) is 1. The molecule has 1 aliphatic carbocycles. The normalized spacial score (nSPS) is 21.0. The van der Waals surface area contributed by atoms with E-state index in [0.29, 0.717) is 12.8 Å². The van der Waals surface area contributed by atoms with Gasteiger partial charge in [0, 0.05) is 35.5 Å². The number of ketones is 1. The third-order valence-electron chi connectivity index (χ3n) is 5.68.